The Morgan fingerprint density at radius 3 is 2.85 bits per heavy atom. The van der Waals surface area contributed by atoms with Crippen molar-refractivity contribution in [1.29, 1.82) is 0 Å². The minimum Gasteiger partial charge on any atom is -0.296 e. The molecule has 0 fully saturated rings. The Labute approximate surface area is 126 Å². The van der Waals surface area contributed by atoms with Crippen molar-refractivity contribution in [3.8, 4) is 0 Å². The number of rotatable bonds is 5. The molecule has 0 saturated carbocycles. The van der Waals surface area contributed by atoms with Crippen molar-refractivity contribution in [2.75, 3.05) is 11.1 Å². The summed E-state index contributed by atoms with van der Waals surface area (Å²) in [7, 11) is 0. The molecule has 0 unspecified atom stereocenters. The molecule has 0 aliphatic heterocycles. The molecule has 2 aromatic rings. The number of nitrogens with one attached hydrogen (secondary N) is 1. The topological polar surface area (TPSA) is 54.9 Å². The van der Waals surface area contributed by atoms with Crippen LogP contribution in [0, 0.1) is 6.92 Å². The SMILES string of the molecule is C=C(C)CSc1nnc(NC(=O)c2ccccc2C)s1. The predicted molar refractivity (Wildman–Crippen MR) is 84.6 cm³/mol. The van der Waals surface area contributed by atoms with Gasteiger partial charge in [-0.2, -0.15) is 0 Å². The Bertz CT molecular complexity index is 637. The molecule has 0 spiro atoms. The van der Waals surface area contributed by atoms with E-state index in [1.54, 1.807) is 17.8 Å². The predicted octanol–water partition coefficient (Wildman–Crippen LogP) is 3.77. The van der Waals surface area contributed by atoms with Crippen LogP contribution in [0.25, 0.3) is 0 Å². The van der Waals surface area contributed by atoms with Crippen LogP contribution >= 0.6 is 23.1 Å². The third kappa shape index (κ3) is 3.91. The lowest BCUT2D eigenvalue weighted by Gasteiger charge is -2.03. The van der Waals surface area contributed by atoms with Crippen LogP contribution in [-0.4, -0.2) is 21.9 Å². The molecule has 20 heavy (non-hydrogen) atoms. The molecule has 1 aromatic heterocycles. The standard InChI is InChI=1S/C14H15N3OS2/c1-9(2)8-19-14-17-16-13(20-14)15-12(18)11-7-5-4-6-10(11)3/h4-7H,1,8H2,2-3H3,(H,15,16,18). The average molecular weight is 305 g/mol. The van der Waals surface area contributed by atoms with Crippen LogP contribution in [0.15, 0.2) is 40.8 Å². The number of anilines is 1. The lowest BCUT2D eigenvalue weighted by Crippen LogP contribution is -2.12. The number of carbonyl (C=O) groups excluding carboxylic acids is 1. The smallest absolute Gasteiger partial charge is 0.257 e. The van der Waals surface area contributed by atoms with Gasteiger partial charge in [-0.05, 0) is 25.5 Å². The molecule has 0 aliphatic rings. The summed E-state index contributed by atoms with van der Waals surface area (Å²) in [6.07, 6.45) is 0. The molecule has 1 amide bonds. The number of thioether (sulfide) groups is 1. The van der Waals surface area contributed by atoms with E-state index in [2.05, 4.69) is 22.1 Å². The molecule has 0 bridgehead atoms. The lowest BCUT2D eigenvalue weighted by molar-refractivity contribution is 0.102. The molecule has 0 aliphatic carbocycles. The number of aryl methyl sites for hydroxylation is 1. The summed E-state index contributed by atoms with van der Waals surface area (Å²) in [5, 5.41) is 11.3. The maximum atomic E-state index is 12.1. The van der Waals surface area contributed by atoms with E-state index in [-0.39, 0.29) is 5.91 Å². The fourth-order valence-corrected chi connectivity index (χ4v) is 3.09. The monoisotopic (exact) mass is 305 g/mol. The second kappa shape index (κ2) is 6.67. The zero-order valence-corrected chi connectivity index (χ0v) is 13.0. The van der Waals surface area contributed by atoms with Gasteiger partial charge in [-0.15, -0.1) is 10.2 Å². The van der Waals surface area contributed by atoms with Gasteiger partial charge in [-0.25, -0.2) is 0 Å². The van der Waals surface area contributed by atoms with Crippen LogP contribution in [0.1, 0.15) is 22.8 Å². The van der Waals surface area contributed by atoms with Gasteiger partial charge < -0.3 is 0 Å². The summed E-state index contributed by atoms with van der Waals surface area (Å²) < 4.78 is 0.827. The highest BCUT2D eigenvalue weighted by Gasteiger charge is 2.12. The van der Waals surface area contributed by atoms with E-state index < -0.39 is 0 Å². The van der Waals surface area contributed by atoms with Crippen LogP contribution in [0.3, 0.4) is 0 Å². The van der Waals surface area contributed by atoms with Gasteiger partial charge in [0.15, 0.2) is 4.34 Å². The zero-order valence-electron chi connectivity index (χ0n) is 11.3. The Hall–Kier alpha value is -1.66. The summed E-state index contributed by atoms with van der Waals surface area (Å²) >= 11 is 2.94. The molecule has 0 saturated heterocycles. The van der Waals surface area contributed by atoms with Crippen molar-refractivity contribution in [3.63, 3.8) is 0 Å². The average Bonchev–Trinajstić information content (AvgIpc) is 2.84. The van der Waals surface area contributed by atoms with E-state index in [9.17, 15) is 4.79 Å². The highest BCUT2D eigenvalue weighted by Crippen LogP contribution is 2.26. The number of hydrogen-bond donors (Lipinski definition) is 1. The largest absolute Gasteiger partial charge is 0.296 e. The van der Waals surface area contributed by atoms with Crippen molar-refractivity contribution >= 4 is 34.1 Å². The first-order valence-corrected chi connectivity index (χ1v) is 7.84. The third-order valence-corrected chi connectivity index (χ3v) is 4.66. The molecular formula is C14H15N3OS2. The zero-order chi connectivity index (χ0) is 14.5. The van der Waals surface area contributed by atoms with Crippen molar-refractivity contribution < 1.29 is 4.79 Å². The van der Waals surface area contributed by atoms with E-state index in [0.717, 1.165) is 21.2 Å². The molecule has 0 radical (unpaired) electrons. The highest BCUT2D eigenvalue weighted by molar-refractivity contribution is 8.01. The second-order valence-corrected chi connectivity index (χ2v) is 6.59. The normalized spacial score (nSPS) is 10.3. The molecule has 0 atom stereocenters. The van der Waals surface area contributed by atoms with E-state index >= 15 is 0 Å². The number of aromatic nitrogens is 2. The van der Waals surface area contributed by atoms with E-state index in [1.165, 1.54) is 11.3 Å². The first-order valence-electron chi connectivity index (χ1n) is 6.04. The van der Waals surface area contributed by atoms with Crippen LogP contribution in [0.2, 0.25) is 0 Å². The van der Waals surface area contributed by atoms with E-state index in [4.69, 9.17) is 0 Å². The highest BCUT2D eigenvalue weighted by atomic mass is 32.2. The minimum absolute atomic E-state index is 0.157. The van der Waals surface area contributed by atoms with Gasteiger partial charge in [0.1, 0.15) is 0 Å². The first-order chi connectivity index (χ1) is 9.56. The number of benzene rings is 1. The number of amides is 1. The van der Waals surface area contributed by atoms with Gasteiger partial charge in [0.2, 0.25) is 5.13 Å². The fourth-order valence-electron chi connectivity index (χ4n) is 1.50. The van der Waals surface area contributed by atoms with Crippen LogP contribution in [0.4, 0.5) is 5.13 Å². The molecule has 1 N–H and O–H groups in total. The van der Waals surface area contributed by atoms with Crippen LogP contribution < -0.4 is 5.32 Å². The van der Waals surface area contributed by atoms with Gasteiger partial charge >= 0.3 is 0 Å². The molecule has 1 aromatic carbocycles. The molecule has 4 nitrogen and oxygen atoms in total. The first kappa shape index (κ1) is 14.7. The molecule has 104 valence electrons. The minimum atomic E-state index is -0.157. The van der Waals surface area contributed by atoms with Gasteiger partial charge in [0.25, 0.3) is 5.91 Å². The summed E-state index contributed by atoms with van der Waals surface area (Å²) in [6, 6.07) is 7.45. The van der Waals surface area contributed by atoms with Crippen LogP contribution in [-0.2, 0) is 0 Å². The summed E-state index contributed by atoms with van der Waals surface area (Å²) in [5.41, 5.74) is 2.67. The number of hydrogen-bond acceptors (Lipinski definition) is 5. The number of nitrogens with zero attached hydrogens (tertiary/aromatic N) is 2. The van der Waals surface area contributed by atoms with Gasteiger partial charge in [-0.3, -0.25) is 10.1 Å². The second-order valence-electron chi connectivity index (χ2n) is 4.39. The Morgan fingerprint density at radius 2 is 2.15 bits per heavy atom. The third-order valence-electron chi connectivity index (χ3n) is 2.46. The van der Waals surface area contributed by atoms with Gasteiger partial charge in [-0.1, -0.05) is 53.4 Å². The lowest BCUT2D eigenvalue weighted by atomic mass is 10.1. The number of carbonyl (C=O) groups is 1. The molecule has 6 heteroatoms. The summed E-state index contributed by atoms with van der Waals surface area (Å²) in [5.74, 6) is 0.649. The molecule has 1 heterocycles. The van der Waals surface area contributed by atoms with Crippen molar-refractivity contribution in [2.45, 2.75) is 18.2 Å². The fraction of sp³-hybridized carbons (Fsp3) is 0.214. The quantitative estimate of drug-likeness (QED) is 0.519. The van der Waals surface area contributed by atoms with Crippen molar-refractivity contribution in [3.05, 3.63) is 47.5 Å². The summed E-state index contributed by atoms with van der Waals surface area (Å²) in [4.78, 5) is 12.1. The van der Waals surface area contributed by atoms with E-state index in [1.807, 2.05) is 32.0 Å². The maximum Gasteiger partial charge on any atom is 0.257 e. The Morgan fingerprint density at radius 1 is 1.40 bits per heavy atom. The molecular weight excluding hydrogens is 290 g/mol. The van der Waals surface area contributed by atoms with Crippen molar-refractivity contribution in [2.24, 2.45) is 0 Å². The Kier molecular flexibility index (Phi) is 4.92. The maximum absolute atomic E-state index is 12.1. The summed E-state index contributed by atoms with van der Waals surface area (Å²) in [6.45, 7) is 7.71. The Balaban J connectivity index is 2.02. The van der Waals surface area contributed by atoms with Gasteiger partial charge in [0.05, 0.1) is 0 Å². The van der Waals surface area contributed by atoms with Gasteiger partial charge in [0, 0.05) is 11.3 Å². The van der Waals surface area contributed by atoms with Crippen LogP contribution in [0.5, 0.6) is 0 Å². The van der Waals surface area contributed by atoms with E-state index in [0.29, 0.717) is 10.7 Å². The molecule has 2 rings (SSSR count). The van der Waals surface area contributed by atoms with Crippen molar-refractivity contribution in [1.82, 2.24) is 10.2 Å².